The molecule has 0 saturated carbocycles. The van der Waals surface area contributed by atoms with Gasteiger partial charge in [0.25, 0.3) is 0 Å². The number of esters is 1. The SMILES string of the molecule is O=C(OCc1ccc(Cl)cc1)c1ccnc(Cl)c1. The van der Waals surface area contributed by atoms with Gasteiger partial charge >= 0.3 is 5.97 Å². The molecule has 2 rings (SSSR count). The van der Waals surface area contributed by atoms with Crippen molar-refractivity contribution < 1.29 is 9.53 Å². The summed E-state index contributed by atoms with van der Waals surface area (Å²) in [7, 11) is 0. The predicted molar refractivity (Wildman–Crippen MR) is 69.8 cm³/mol. The van der Waals surface area contributed by atoms with Crippen LogP contribution >= 0.6 is 23.2 Å². The number of nitrogens with zero attached hydrogens (tertiary/aromatic N) is 1. The molecule has 0 bridgehead atoms. The highest BCUT2D eigenvalue weighted by Gasteiger charge is 2.08. The summed E-state index contributed by atoms with van der Waals surface area (Å²) in [5.74, 6) is -0.436. The van der Waals surface area contributed by atoms with Gasteiger partial charge in [-0.05, 0) is 29.8 Å². The lowest BCUT2D eigenvalue weighted by Crippen LogP contribution is -2.05. The fourth-order valence-corrected chi connectivity index (χ4v) is 1.64. The van der Waals surface area contributed by atoms with E-state index in [0.29, 0.717) is 10.6 Å². The number of carbonyl (C=O) groups excluding carboxylic acids is 1. The fourth-order valence-electron chi connectivity index (χ4n) is 1.34. The molecule has 1 aromatic heterocycles. The van der Waals surface area contributed by atoms with Crippen molar-refractivity contribution in [2.75, 3.05) is 0 Å². The van der Waals surface area contributed by atoms with E-state index in [2.05, 4.69) is 4.98 Å². The lowest BCUT2D eigenvalue weighted by Gasteiger charge is -2.05. The topological polar surface area (TPSA) is 39.2 Å². The zero-order chi connectivity index (χ0) is 13.0. The van der Waals surface area contributed by atoms with Crippen LogP contribution in [0.1, 0.15) is 15.9 Å². The molecule has 0 radical (unpaired) electrons. The minimum absolute atomic E-state index is 0.190. The van der Waals surface area contributed by atoms with Crippen LogP contribution in [0.2, 0.25) is 10.2 Å². The van der Waals surface area contributed by atoms with Crippen molar-refractivity contribution in [1.82, 2.24) is 4.98 Å². The van der Waals surface area contributed by atoms with Crippen LogP contribution < -0.4 is 0 Å². The third-order valence-electron chi connectivity index (χ3n) is 2.25. The molecule has 1 heterocycles. The first kappa shape index (κ1) is 12.9. The molecule has 3 nitrogen and oxygen atoms in total. The molecule has 0 N–H and O–H groups in total. The minimum atomic E-state index is -0.436. The highest BCUT2D eigenvalue weighted by Crippen LogP contribution is 2.12. The first-order valence-corrected chi connectivity index (χ1v) is 5.94. The largest absolute Gasteiger partial charge is 0.457 e. The van der Waals surface area contributed by atoms with Gasteiger partial charge in [0.1, 0.15) is 11.8 Å². The molecule has 0 atom stereocenters. The molecular weight excluding hydrogens is 273 g/mol. The van der Waals surface area contributed by atoms with E-state index in [-0.39, 0.29) is 11.8 Å². The Balaban J connectivity index is 1.98. The van der Waals surface area contributed by atoms with E-state index >= 15 is 0 Å². The van der Waals surface area contributed by atoms with Crippen molar-refractivity contribution in [3.63, 3.8) is 0 Å². The molecule has 0 unspecified atom stereocenters. The van der Waals surface area contributed by atoms with Gasteiger partial charge in [0.15, 0.2) is 0 Å². The Morgan fingerprint density at radius 1 is 1.17 bits per heavy atom. The third kappa shape index (κ3) is 3.45. The number of rotatable bonds is 3. The average Bonchev–Trinajstić information content (AvgIpc) is 2.38. The van der Waals surface area contributed by atoms with Gasteiger partial charge in [0, 0.05) is 11.2 Å². The summed E-state index contributed by atoms with van der Waals surface area (Å²) < 4.78 is 5.14. The number of halogens is 2. The maximum Gasteiger partial charge on any atom is 0.338 e. The summed E-state index contributed by atoms with van der Waals surface area (Å²) >= 11 is 11.4. The number of carbonyl (C=O) groups is 1. The molecule has 92 valence electrons. The lowest BCUT2D eigenvalue weighted by molar-refractivity contribution is 0.0472. The van der Waals surface area contributed by atoms with E-state index in [9.17, 15) is 4.79 Å². The van der Waals surface area contributed by atoms with Gasteiger partial charge in [-0.2, -0.15) is 0 Å². The summed E-state index contributed by atoms with van der Waals surface area (Å²) in [6.45, 7) is 0.190. The maximum absolute atomic E-state index is 11.7. The highest BCUT2D eigenvalue weighted by atomic mass is 35.5. The monoisotopic (exact) mass is 281 g/mol. The number of ether oxygens (including phenoxy) is 1. The Kier molecular flexibility index (Phi) is 4.18. The first-order valence-electron chi connectivity index (χ1n) is 5.18. The average molecular weight is 282 g/mol. The number of pyridine rings is 1. The fraction of sp³-hybridized carbons (Fsp3) is 0.0769. The van der Waals surface area contributed by atoms with Gasteiger partial charge in [0.05, 0.1) is 5.56 Å². The van der Waals surface area contributed by atoms with Crippen LogP contribution in [0.3, 0.4) is 0 Å². The summed E-state index contributed by atoms with van der Waals surface area (Å²) in [6.07, 6.45) is 1.46. The van der Waals surface area contributed by atoms with Crippen molar-refractivity contribution >= 4 is 29.2 Å². The van der Waals surface area contributed by atoms with Crippen LogP contribution in [0.15, 0.2) is 42.6 Å². The maximum atomic E-state index is 11.7. The molecule has 0 fully saturated rings. The minimum Gasteiger partial charge on any atom is -0.457 e. The Hall–Kier alpha value is -1.58. The number of benzene rings is 1. The molecule has 0 spiro atoms. The summed E-state index contributed by atoms with van der Waals surface area (Å²) in [4.78, 5) is 15.5. The van der Waals surface area contributed by atoms with Gasteiger partial charge in [-0.1, -0.05) is 35.3 Å². The Labute approximate surface area is 114 Å². The van der Waals surface area contributed by atoms with Crippen molar-refractivity contribution in [2.24, 2.45) is 0 Å². The smallest absolute Gasteiger partial charge is 0.338 e. The molecule has 0 aliphatic heterocycles. The molecule has 0 amide bonds. The number of hydrogen-bond acceptors (Lipinski definition) is 3. The molecule has 0 aliphatic rings. The number of aromatic nitrogens is 1. The van der Waals surface area contributed by atoms with Crippen LogP contribution in [-0.2, 0) is 11.3 Å². The quantitative estimate of drug-likeness (QED) is 0.635. The van der Waals surface area contributed by atoms with Gasteiger partial charge in [0.2, 0.25) is 0 Å². The summed E-state index contributed by atoms with van der Waals surface area (Å²) in [5.41, 5.74) is 1.25. The second-order valence-corrected chi connectivity index (χ2v) is 4.39. The molecule has 5 heteroatoms. The highest BCUT2D eigenvalue weighted by molar-refractivity contribution is 6.30. The molecule has 0 saturated heterocycles. The zero-order valence-electron chi connectivity index (χ0n) is 9.27. The Morgan fingerprint density at radius 3 is 2.56 bits per heavy atom. The van der Waals surface area contributed by atoms with E-state index in [1.165, 1.54) is 12.3 Å². The number of hydrogen-bond donors (Lipinski definition) is 0. The van der Waals surface area contributed by atoms with Crippen molar-refractivity contribution in [1.29, 1.82) is 0 Å². The van der Waals surface area contributed by atoms with Crippen LogP contribution in [0.5, 0.6) is 0 Å². The molecule has 18 heavy (non-hydrogen) atoms. The van der Waals surface area contributed by atoms with Crippen LogP contribution in [0, 0.1) is 0 Å². The van der Waals surface area contributed by atoms with E-state index in [0.717, 1.165) is 5.56 Å². The normalized spacial score (nSPS) is 10.1. The lowest BCUT2D eigenvalue weighted by atomic mass is 10.2. The van der Waals surface area contributed by atoms with E-state index < -0.39 is 5.97 Å². The summed E-state index contributed by atoms with van der Waals surface area (Å²) in [5, 5.41) is 0.905. The van der Waals surface area contributed by atoms with Gasteiger partial charge in [-0.25, -0.2) is 9.78 Å². The molecular formula is C13H9Cl2NO2. The van der Waals surface area contributed by atoms with Gasteiger partial charge in [-0.3, -0.25) is 0 Å². The van der Waals surface area contributed by atoms with Crippen molar-refractivity contribution in [3.8, 4) is 0 Å². The van der Waals surface area contributed by atoms with Gasteiger partial charge in [-0.15, -0.1) is 0 Å². The van der Waals surface area contributed by atoms with Crippen LogP contribution in [0.25, 0.3) is 0 Å². The van der Waals surface area contributed by atoms with Crippen LogP contribution in [-0.4, -0.2) is 11.0 Å². The summed E-state index contributed by atoms with van der Waals surface area (Å²) in [6, 6.07) is 10.1. The van der Waals surface area contributed by atoms with Crippen LogP contribution in [0.4, 0.5) is 0 Å². The van der Waals surface area contributed by atoms with E-state index in [1.807, 2.05) is 0 Å². The predicted octanol–water partition coefficient (Wildman–Crippen LogP) is 3.75. The molecule has 1 aromatic carbocycles. The van der Waals surface area contributed by atoms with E-state index in [1.54, 1.807) is 30.3 Å². The van der Waals surface area contributed by atoms with Crippen molar-refractivity contribution in [3.05, 3.63) is 63.9 Å². The second-order valence-electron chi connectivity index (χ2n) is 3.57. The van der Waals surface area contributed by atoms with Gasteiger partial charge < -0.3 is 4.74 Å². The van der Waals surface area contributed by atoms with Crippen molar-refractivity contribution in [2.45, 2.75) is 6.61 Å². The van der Waals surface area contributed by atoms with E-state index in [4.69, 9.17) is 27.9 Å². The zero-order valence-corrected chi connectivity index (χ0v) is 10.8. The third-order valence-corrected chi connectivity index (χ3v) is 2.70. The standard InChI is InChI=1S/C13H9Cl2NO2/c14-11-3-1-9(2-4-11)8-18-13(17)10-5-6-16-12(15)7-10/h1-7H,8H2. The Morgan fingerprint density at radius 2 is 1.89 bits per heavy atom. The second kappa shape index (κ2) is 5.85. The molecule has 2 aromatic rings. The molecule has 0 aliphatic carbocycles. The Bertz CT molecular complexity index is 555. The first-order chi connectivity index (χ1) is 8.65.